The molecule has 0 radical (unpaired) electrons. The molecular weight excluding hydrogens is 353 g/mol. The van der Waals surface area contributed by atoms with E-state index in [2.05, 4.69) is 5.32 Å². The zero-order chi connectivity index (χ0) is 17.5. The van der Waals surface area contributed by atoms with E-state index in [9.17, 15) is 9.59 Å². The van der Waals surface area contributed by atoms with Gasteiger partial charge in [-0.15, -0.1) is 0 Å². The van der Waals surface area contributed by atoms with Crippen LogP contribution in [0.2, 0.25) is 10.0 Å². The van der Waals surface area contributed by atoms with Crippen molar-refractivity contribution in [2.75, 3.05) is 18.5 Å². The number of rotatable bonds is 6. The topological polar surface area (TPSA) is 64.6 Å². The standard InChI is InChI=1S/C17H15Cl2NO4/c1-2-23-16(21)10-24-13-5-3-4-12(9-13)20-17(22)11-6-7-14(18)15(19)8-11/h3-9H,2,10H2,1H3,(H,20,22). The second kappa shape index (κ2) is 8.57. The van der Waals surface area contributed by atoms with Gasteiger partial charge >= 0.3 is 5.97 Å². The molecular formula is C17H15Cl2NO4. The maximum atomic E-state index is 12.2. The Hall–Kier alpha value is -2.24. The van der Waals surface area contributed by atoms with Gasteiger partial charge in [-0.3, -0.25) is 4.79 Å². The van der Waals surface area contributed by atoms with Crippen LogP contribution in [-0.2, 0) is 9.53 Å². The van der Waals surface area contributed by atoms with Crippen LogP contribution < -0.4 is 10.1 Å². The second-order valence-corrected chi connectivity index (χ2v) is 5.52. The molecule has 2 aromatic carbocycles. The van der Waals surface area contributed by atoms with Gasteiger partial charge in [0.05, 0.1) is 16.7 Å². The summed E-state index contributed by atoms with van der Waals surface area (Å²) in [5.74, 6) is -0.353. The lowest BCUT2D eigenvalue weighted by Gasteiger charge is -2.09. The molecule has 5 nitrogen and oxygen atoms in total. The summed E-state index contributed by atoms with van der Waals surface area (Å²) < 4.78 is 10.1. The monoisotopic (exact) mass is 367 g/mol. The highest BCUT2D eigenvalue weighted by atomic mass is 35.5. The zero-order valence-corrected chi connectivity index (χ0v) is 14.4. The summed E-state index contributed by atoms with van der Waals surface area (Å²) in [6.07, 6.45) is 0. The highest BCUT2D eigenvalue weighted by Crippen LogP contribution is 2.23. The Labute approximate surface area is 149 Å². The van der Waals surface area contributed by atoms with Crippen LogP contribution in [0.5, 0.6) is 5.75 Å². The third-order valence-electron chi connectivity index (χ3n) is 2.94. The number of carbonyl (C=O) groups excluding carboxylic acids is 2. The van der Waals surface area contributed by atoms with Gasteiger partial charge in [0, 0.05) is 17.3 Å². The van der Waals surface area contributed by atoms with E-state index in [1.165, 1.54) is 6.07 Å². The average molecular weight is 368 g/mol. The third kappa shape index (κ3) is 5.15. The third-order valence-corrected chi connectivity index (χ3v) is 3.67. The summed E-state index contributed by atoms with van der Waals surface area (Å²) in [7, 11) is 0. The Kier molecular flexibility index (Phi) is 6.46. The molecule has 0 aliphatic rings. The van der Waals surface area contributed by atoms with Gasteiger partial charge in [-0.1, -0.05) is 29.3 Å². The van der Waals surface area contributed by atoms with E-state index in [1.807, 2.05) is 0 Å². The Bertz CT molecular complexity index is 749. The van der Waals surface area contributed by atoms with Crippen molar-refractivity contribution in [2.45, 2.75) is 6.92 Å². The fourth-order valence-electron chi connectivity index (χ4n) is 1.85. The molecule has 0 atom stereocenters. The largest absolute Gasteiger partial charge is 0.482 e. The van der Waals surface area contributed by atoms with Crippen molar-refractivity contribution < 1.29 is 19.1 Å². The van der Waals surface area contributed by atoms with Crippen LogP contribution >= 0.6 is 23.2 Å². The van der Waals surface area contributed by atoms with E-state index in [-0.39, 0.29) is 12.5 Å². The van der Waals surface area contributed by atoms with Crippen LogP contribution in [-0.4, -0.2) is 25.1 Å². The van der Waals surface area contributed by atoms with Gasteiger partial charge in [0.15, 0.2) is 6.61 Å². The van der Waals surface area contributed by atoms with Gasteiger partial charge in [0.2, 0.25) is 0 Å². The number of amides is 1. The first-order valence-corrected chi connectivity index (χ1v) is 7.90. The van der Waals surface area contributed by atoms with Crippen molar-refractivity contribution in [3.8, 4) is 5.75 Å². The lowest BCUT2D eigenvalue weighted by atomic mass is 10.2. The fraction of sp³-hybridized carbons (Fsp3) is 0.176. The van der Waals surface area contributed by atoms with Gasteiger partial charge in [0.1, 0.15) is 5.75 Å². The first-order chi connectivity index (χ1) is 11.5. The summed E-state index contributed by atoms with van der Waals surface area (Å²) in [6.45, 7) is 1.82. The predicted octanol–water partition coefficient (Wildman–Crippen LogP) is 4.19. The molecule has 0 saturated heterocycles. The van der Waals surface area contributed by atoms with Crippen LogP contribution in [0.4, 0.5) is 5.69 Å². The lowest BCUT2D eigenvalue weighted by Crippen LogP contribution is -2.15. The molecule has 0 spiro atoms. The average Bonchev–Trinajstić information content (AvgIpc) is 2.56. The van der Waals surface area contributed by atoms with Crippen LogP contribution in [0.25, 0.3) is 0 Å². The van der Waals surface area contributed by atoms with E-state index >= 15 is 0 Å². The van der Waals surface area contributed by atoms with E-state index in [4.69, 9.17) is 32.7 Å². The number of hydrogen-bond acceptors (Lipinski definition) is 4. The minimum atomic E-state index is -0.456. The molecule has 126 valence electrons. The molecule has 0 unspecified atom stereocenters. The van der Waals surface area contributed by atoms with Gasteiger partial charge in [-0.25, -0.2) is 4.79 Å². The highest BCUT2D eigenvalue weighted by Gasteiger charge is 2.09. The van der Waals surface area contributed by atoms with Gasteiger partial charge in [0.25, 0.3) is 5.91 Å². The molecule has 0 aliphatic carbocycles. The fourth-order valence-corrected chi connectivity index (χ4v) is 2.15. The van der Waals surface area contributed by atoms with Crippen molar-refractivity contribution in [2.24, 2.45) is 0 Å². The van der Waals surface area contributed by atoms with Crippen LogP contribution in [0.3, 0.4) is 0 Å². The number of benzene rings is 2. The Morgan fingerprint density at radius 3 is 2.58 bits per heavy atom. The molecule has 2 rings (SSSR count). The summed E-state index contributed by atoms with van der Waals surface area (Å²) in [5, 5.41) is 3.40. The highest BCUT2D eigenvalue weighted by molar-refractivity contribution is 6.42. The number of halogens is 2. The van der Waals surface area contributed by atoms with Gasteiger partial charge in [-0.05, 0) is 37.3 Å². The molecule has 0 fully saturated rings. The molecule has 7 heteroatoms. The minimum absolute atomic E-state index is 0.196. The summed E-state index contributed by atoms with van der Waals surface area (Å²) in [4.78, 5) is 23.5. The molecule has 0 heterocycles. The van der Waals surface area contributed by atoms with Crippen molar-refractivity contribution in [3.05, 3.63) is 58.1 Å². The molecule has 24 heavy (non-hydrogen) atoms. The molecule has 1 amide bonds. The Morgan fingerprint density at radius 1 is 1.08 bits per heavy atom. The van der Waals surface area contributed by atoms with Crippen molar-refractivity contribution in [3.63, 3.8) is 0 Å². The number of nitrogens with one attached hydrogen (secondary N) is 1. The second-order valence-electron chi connectivity index (χ2n) is 4.70. The van der Waals surface area contributed by atoms with Gasteiger partial charge in [-0.2, -0.15) is 0 Å². The number of hydrogen-bond donors (Lipinski definition) is 1. The zero-order valence-electron chi connectivity index (χ0n) is 12.8. The number of anilines is 1. The maximum absolute atomic E-state index is 12.2. The normalized spacial score (nSPS) is 10.1. The molecule has 0 bridgehead atoms. The Balaban J connectivity index is 2.01. The van der Waals surface area contributed by atoms with Crippen LogP contribution in [0, 0.1) is 0 Å². The van der Waals surface area contributed by atoms with Crippen molar-refractivity contribution in [1.82, 2.24) is 0 Å². The first kappa shape index (κ1) is 18.1. The molecule has 1 N–H and O–H groups in total. The van der Waals surface area contributed by atoms with Crippen LogP contribution in [0.1, 0.15) is 17.3 Å². The van der Waals surface area contributed by atoms with Gasteiger partial charge < -0.3 is 14.8 Å². The van der Waals surface area contributed by atoms with E-state index in [1.54, 1.807) is 43.3 Å². The molecule has 0 aromatic heterocycles. The van der Waals surface area contributed by atoms with E-state index < -0.39 is 5.97 Å². The Morgan fingerprint density at radius 2 is 1.88 bits per heavy atom. The molecule has 2 aromatic rings. The number of ether oxygens (including phenoxy) is 2. The summed E-state index contributed by atoms with van der Waals surface area (Å²) in [5.41, 5.74) is 0.898. The SMILES string of the molecule is CCOC(=O)COc1cccc(NC(=O)c2ccc(Cl)c(Cl)c2)c1. The first-order valence-electron chi connectivity index (χ1n) is 7.14. The smallest absolute Gasteiger partial charge is 0.344 e. The lowest BCUT2D eigenvalue weighted by molar-refractivity contribution is -0.145. The minimum Gasteiger partial charge on any atom is -0.482 e. The van der Waals surface area contributed by atoms with E-state index in [0.717, 1.165) is 0 Å². The summed E-state index contributed by atoms with van der Waals surface area (Å²) >= 11 is 11.7. The maximum Gasteiger partial charge on any atom is 0.344 e. The van der Waals surface area contributed by atoms with Crippen LogP contribution in [0.15, 0.2) is 42.5 Å². The number of esters is 1. The van der Waals surface area contributed by atoms with Crippen molar-refractivity contribution >= 4 is 40.8 Å². The number of carbonyl (C=O) groups is 2. The van der Waals surface area contributed by atoms with E-state index in [0.29, 0.717) is 33.7 Å². The molecule has 0 aliphatic heterocycles. The quantitative estimate of drug-likeness (QED) is 0.777. The molecule has 0 saturated carbocycles. The summed E-state index contributed by atoms with van der Waals surface area (Å²) in [6, 6.07) is 11.3. The van der Waals surface area contributed by atoms with Crippen molar-refractivity contribution in [1.29, 1.82) is 0 Å². The predicted molar refractivity (Wildman–Crippen MR) is 93.0 cm³/mol.